The van der Waals surface area contributed by atoms with Crippen LogP contribution in [0.5, 0.6) is 0 Å². The van der Waals surface area contributed by atoms with E-state index in [1.54, 1.807) is 46.8 Å². The molecule has 0 saturated heterocycles. The number of esters is 3. The third-order valence-corrected chi connectivity index (χ3v) is 6.68. The summed E-state index contributed by atoms with van der Waals surface area (Å²) in [5.74, 6) is -2.23. The van der Waals surface area contributed by atoms with Crippen LogP contribution in [0.15, 0.2) is 18.2 Å². The van der Waals surface area contributed by atoms with E-state index >= 15 is 0 Å². The fourth-order valence-electron chi connectivity index (χ4n) is 4.45. The zero-order chi connectivity index (χ0) is 32.2. The Morgan fingerprint density at radius 1 is 0.905 bits per heavy atom. The maximum atomic E-state index is 12.4. The van der Waals surface area contributed by atoms with E-state index < -0.39 is 29.5 Å². The van der Waals surface area contributed by atoms with Crippen LogP contribution in [0.2, 0.25) is 10.0 Å². The number of carbonyl (C=O) groups is 5. The van der Waals surface area contributed by atoms with Crippen molar-refractivity contribution in [3.63, 3.8) is 0 Å². The number of carbonyl (C=O) groups excluding carboxylic acids is 5. The molecular formula is C28H40Cl2N2O10. The van der Waals surface area contributed by atoms with E-state index in [0.717, 1.165) is 5.56 Å². The van der Waals surface area contributed by atoms with Crippen LogP contribution in [0.4, 0.5) is 4.79 Å². The topological polar surface area (TPSA) is 184 Å². The molecule has 2 fully saturated rings. The van der Waals surface area contributed by atoms with E-state index in [-0.39, 0.29) is 42.4 Å². The average Bonchev–Trinajstić information content (AvgIpc) is 3.43. The Labute approximate surface area is 255 Å². The fraction of sp³-hybridized carbons (Fsp3) is 0.607. The molecule has 0 heterocycles. The highest BCUT2D eigenvalue weighted by Gasteiger charge is 2.68. The summed E-state index contributed by atoms with van der Waals surface area (Å²) in [6.07, 6.45) is -0.347. The summed E-state index contributed by atoms with van der Waals surface area (Å²) in [6.45, 7) is 10.7. The van der Waals surface area contributed by atoms with Gasteiger partial charge in [0.1, 0.15) is 5.60 Å². The molecule has 42 heavy (non-hydrogen) atoms. The van der Waals surface area contributed by atoms with Crippen molar-refractivity contribution >= 4 is 53.1 Å². The monoisotopic (exact) mass is 634 g/mol. The van der Waals surface area contributed by atoms with Crippen LogP contribution >= 0.6 is 23.2 Å². The van der Waals surface area contributed by atoms with Crippen molar-refractivity contribution in [3.05, 3.63) is 33.8 Å². The Hall–Kier alpha value is -3.09. The maximum Gasteiger partial charge on any atom is 0.405 e. The zero-order valence-electron chi connectivity index (χ0n) is 24.6. The molecule has 3 rings (SSSR count). The molecule has 0 aromatic heterocycles. The third kappa shape index (κ3) is 12.8. The molecule has 1 aromatic carbocycles. The summed E-state index contributed by atoms with van der Waals surface area (Å²) >= 11 is 12.0. The lowest BCUT2D eigenvalue weighted by Crippen LogP contribution is -2.33. The third-order valence-electron chi connectivity index (χ3n) is 5.94. The molecule has 5 unspecified atom stereocenters. The quantitative estimate of drug-likeness (QED) is 0.299. The summed E-state index contributed by atoms with van der Waals surface area (Å²) < 4.78 is 25.1. The first kappa shape index (κ1) is 36.9. The predicted octanol–water partition coefficient (Wildman–Crippen LogP) is 3.80. The van der Waals surface area contributed by atoms with Crippen LogP contribution in [0.3, 0.4) is 0 Å². The van der Waals surface area contributed by atoms with Gasteiger partial charge >= 0.3 is 24.0 Å². The van der Waals surface area contributed by atoms with Gasteiger partial charge in [0.15, 0.2) is 6.61 Å². The molecule has 1 aromatic rings. The minimum Gasteiger partial charge on any atom is -0.466 e. The number of benzene rings is 1. The zero-order valence-corrected chi connectivity index (χ0v) is 26.2. The minimum atomic E-state index is -0.725. The molecule has 4 N–H and O–H groups in total. The summed E-state index contributed by atoms with van der Waals surface area (Å²) in [4.78, 5) is 54.3. The van der Waals surface area contributed by atoms with Gasteiger partial charge in [0.2, 0.25) is 0 Å². The molecule has 2 saturated carbocycles. The summed E-state index contributed by atoms with van der Waals surface area (Å²) in [5, 5.41) is 0.950. The first-order chi connectivity index (χ1) is 19.5. The molecule has 236 valence electrons. The highest BCUT2D eigenvalue weighted by atomic mass is 35.5. The molecule has 0 radical (unpaired) electrons. The van der Waals surface area contributed by atoms with Crippen LogP contribution in [0.25, 0.3) is 0 Å². The second kappa shape index (κ2) is 17.1. The van der Waals surface area contributed by atoms with Gasteiger partial charge in [-0.2, -0.15) is 0 Å². The molecule has 14 heteroatoms. The Kier molecular flexibility index (Phi) is 15.1. The van der Waals surface area contributed by atoms with E-state index in [0.29, 0.717) is 36.3 Å². The Morgan fingerprint density at radius 2 is 1.48 bits per heavy atom. The molecule has 0 bridgehead atoms. The lowest BCUT2D eigenvalue weighted by molar-refractivity contribution is -0.156. The van der Waals surface area contributed by atoms with E-state index in [9.17, 15) is 24.0 Å². The normalized spacial score (nSPS) is 21.7. The number of fused-ring (bicyclic) bond motifs is 1. The second-order valence-corrected chi connectivity index (χ2v) is 11.2. The number of hydrogen-bond acceptors (Lipinski definition) is 10. The first-order valence-corrected chi connectivity index (χ1v) is 14.1. The molecule has 5 atom stereocenters. The van der Waals surface area contributed by atoms with Gasteiger partial charge in [0, 0.05) is 6.92 Å². The van der Waals surface area contributed by atoms with Gasteiger partial charge in [-0.05, 0) is 70.6 Å². The van der Waals surface area contributed by atoms with E-state index in [1.807, 2.05) is 6.07 Å². The fourth-order valence-corrected chi connectivity index (χ4v) is 4.77. The van der Waals surface area contributed by atoms with Crippen LogP contribution in [-0.4, -0.2) is 61.4 Å². The Balaban J connectivity index is 0.000000454. The average molecular weight is 636 g/mol. The van der Waals surface area contributed by atoms with Crippen molar-refractivity contribution in [3.8, 4) is 0 Å². The van der Waals surface area contributed by atoms with Gasteiger partial charge < -0.3 is 35.2 Å². The van der Waals surface area contributed by atoms with Crippen molar-refractivity contribution in [1.29, 1.82) is 0 Å². The molecule has 0 spiro atoms. The van der Waals surface area contributed by atoms with Gasteiger partial charge in [-0.25, -0.2) is 4.79 Å². The Bertz CT molecular complexity index is 1090. The van der Waals surface area contributed by atoms with Crippen molar-refractivity contribution in [2.45, 2.75) is 66.3 Å². The van der Waals surface area contributed by atoms with Crippen molar-refractivity contribution in [2.75, 3.05) is 19.8 Å². The van der Waals surface area contributed by atoms with Crippen LogP contribution in [0, 0.1) is 23.7 Å². The molecular weight excluding hydrogens is 595 g/mol. The van der Waals surface area contributed by atoms with Crippen LogP contribution in [0.1, 0.15) is 53.5 Å². The molecule has 0 aliphatic heterocycles. The van der Waals surface area contributed by atoms with Crippen LogP contribution < -0.4 is 11.5 Å². The smallest absolute Gasteiger partial charge is 0.405 e. The summed E-state index contributed by atoms with van der Waals surface area (Å²) in [5.41, 5.74) is 9.77. The highest BCUT2D eigenvalue weighted by Crippen LogP contribution is 2.62. The van der Waals surface area contributed by atoms with E-state index in [4.69, 9.17) is 43.1 Å². The molecule has 2 amide bonds. The minimum absolute atomic E-state index is 0.0492. The largest absolute Gasteiger partial charge is 0.466 e. The number of ether oxygens (including phenoxy) is 5. The predicted molar refractivity (Wildman–Crippen MR) is 153 cm³/mol. The van der Waals surface area contributed by atoms with E-state index in [2.05, 4.69) is 15.2 Å². The number of rotatable bonds is 9. The molecule has 12 nitrogen and oxygen atoms in total. The molecule has 2 aliphatic carbocycles. The maximum absolute atomic E-state index is 12.4. The number of amides is 2. The molecule has 2 aliphatic rings. The van der Waals surface area contributed by atoms with Crippen molar-refractivity contribution in [2.24, 2.45) is 35.1 Å². The number of hydrogen-bond donors (Lipinski definition) is 2. The standard InChI is InChI=1S/C19H22Cl2O5.C5H11NO2.C4H7NO3/c1-3-24-18(22)16-11-8-14(17(15(11)16)19(23)25-4-2)26-9-10-5-6-12(20)13(21)7-10;1-5(2,3)8-4(6)7;1-3(6)8-2-4(5)7/h5-7,11,14-17H,3-4,8-9H2,1-2H3;1-3H3,(H2,6,7);2H2,1H3,(H2,5,7). The van der Waals surface area contributed by atoms with Crippen molar-refractivity contribution < 1.29 is 47.7 Å². The lowest BCUT2D eigenvalue weighted by Gasteiger charge is -2.23. The van der Waals surface area contributed by atoms with Gasteiger partial charge in [-0.1, -0.05) is 29.3 Å². The van der Waals surface area contributed by atoms with Gasteiger partial charge in [0.25, 0.3) is 5.91 Å². The highest BCUT2D eigenvalue weighted by molar-refractivity contribution is 6.42. The summed E-state index contributed by atoms with van der Waals surface area (Å²) in [7, 11) is 0. The van der Waals surface area contributed by atoms with Gasteiger partial charge in [0.05, 0.1) is 47.8 Å². The lowest BCUT2D eigenvalue weighted by atomic mass is 9.97. The van der Waals surface area contributed by atoms with Crippen molar-refractivity contribution in [1.82, 2.24) is 0 Å². The Morgan fingerprint density at radius 3 is 1.88 bits per heavy atom. The second-order valence-electron chi connectivity index (χ2n) is 10.4. The van der Waals surface area contributed by atoms with Gasteiger partial charge in [-0.3, -0.25) is 19.2 Å². The number of nitrogens with two attached hydrogens (primary N) is 2. The van der Waals surface area contributed by atoms with Gasteiger partial charge in [-0.15, -0.1) is 0 Å². The SMILES string of the molecule is CC(=O)OCC(N)=O.CC(C)(C)OC(N)=O.CCOC(=O)C1C(OCc2ccc(Cl)c(Cl)c2)CC2C(C(=O)OCC)C21. The van der Waals surface area contributed by atoms with Crippen LogP contribution in [-0.2, 0) is 49.5 Å². The first-order valence-electron chi connectivity index (χ1n) is 13.3. The number of primary amides is 2. The summed E-state index contributed by atoms with van der Waals surface area (Å²) in [6, 6.07) is 5.30. The number of halogens is 2. The van der Waals surface area contributed by atoms with E-state index in [1.165, 1.54) is 6.92 Å².